The minimum atomic E-state index is -2.43. The van der Waals surface area contributed by atoms with Crippen molar-refractivity contribution in [2.45, 2.75) is 70.9 Å². The van der Waals surface area contributed by atoms with E-state index in [9.17, 15) is 8.78 Å². The van der Waals surface area contributed by atoms with Crippen LogP contribution in [0.15, 0.2) is 0 Å². The highest BCUT2D eigenvalue weighted by atomic mass is 19.3. The standard InChI is InChI=1S/C14H27F2NO/c1-4-7-17-13(10-18-11(2)3)8-12-5-6-14(15,16)9-12/h11-13,17H,4-10H2,1-3H3. The summed E-state index contributed by atoms with van der Waals surface area (Å²) < 4.78 is 31.9. The summed E-state index contributed by atoms with van der Waals surface area (Å²) in [6.07, 6.45) is 2.82. The molecule has 0 radical (unpaired) electrons. The molecule has 1 aliphatic carbocycles. The van der Waals surface area contributed by atoms with Gasteiger partial charge in [-0.25, -0.2) is 8.78 Å². The molecule has 108 valence electrons. The molecule has 1 saturated carbocycles. The lowest BCUT2D eigenvalue weighted by molar-refractivity contribution is 0.00286. The van der Waals surface area contributed by atoms with Crippen LogP contribution in [-0.2, 0) is 4.74 Å². The first-order chi connectivity index (χ1) is 8.43. The van der Waals surface area contributed by atoms with E-state index in [0.29, 0.717) is 13.0 Å². The Balaban J connectivity index is 2.35. The Labute approximate surface area is 109 Å². The predicted molar refractivity (Wildman–Crippen MR) is 70.1 cm³/mol. The zero-order valence-corrected chi connectivity index (χ0v) is 11.8. The second kappa shape index (κ2) is 7.39. The average molecular weight is 263 g/mol. The first kappa shape index (κ1) is 15.8. The van der Waals surface area contributed by atoms with E-state index in [1.54, 1.807) is 0 Å². The number of alkyl halides is 2. The van der Waals surface area contributed by atoms with Crippen LogP contribution in [0.1, 0.15) is 52.9 Å². The molecule has 0 aromatic rings. The van der Waals surface area contributed by atoms with Crippen molar-refractivity contribution in [3.8, 4) is 0 Å². The van der Waals surface area contributed by atoms with Gasteiger partial charge in [-0.15, -0.1) is 0 Å². The van der Waals surface area contributed by atoms with Gasteiger partial charge in [0.1, 0.15) is 0 Å². The highest BCUT2D eigenvalue weighted by Crippen LogP contribution is 2.40. The Morgan fingerprint density at radius 2 is 2.11 bits per heavy atom. The topological polar surface area (TPSA) is 21.3 Å². The number of halogens is 2. The van der Waals surface area contributed by atoms with Crippen LogP contribution in [-0.4, -0.2) is 31.2 Å². The van der Waals surface area contributed by atoms with E-state index in [-0.39, 0.29) is 30.9 Å². The van der Waals surface area contributed by atoms with Crippen molar-refractivity contribution in [1.82, 2.24) is 5.32 Å². The van der Waals surface area contributed by atoms with Gasteiger partial charge in [-0.2, -0.15) is 0 Å². The largest absolute Gasteiger partial charge is 0.377 e. The van der Waals surface area contributed by atoms with Gasteiger partial charge >= 0.3 is 0 Å². The van der Waals surface area contributed by atoms with Gasteiger partial charge in [0.15, 0.2) is 0 Å². The van der Waals surface area contributed by atoms with E-state index in [1.807, 2.05) is 13.8 Å². The second-order valence-corrected chi connectivity index (χ2v) is 5.73. The predicted octanol–water partition coefficient (Wildman–Crippen LogP) is 3.61. The molecule has 0 aromatic heterocycles. The van der Waals surface area contributed by atoms with E-state index in [2.05, 4.69) is 12.2 Å². The minimum Gasteiger partial charge on any atom is -0.377 e. The summed E-state index contributed by atoms with van der Waals surface area (Å²) in [6.45, 7) is 7.66. The van der Waals surface area contributed by atoms with Crippen molar-refractivity contribution in [3.05, 3.63) is 0 Å². The monoisotopic (exact) mass is 263 g/mol. The molecule has 0 aromatic carbocycles. The lowest BCUT2D eigenvalue weighted by Gasteiger charge is -2.23. The van der Waals surface area contributed by atoms with Crippen molar-refractivity contribution < 1.29 is 13.5 Å². The van der Waals surface area contributed by atoms with Crippen molar-refractivity contribution in [3.63, 3.8) is 0 Å². The molecule has 0 saturated heterocycles. The van der Waals surface area contributed by atoms with Crippen LogP contribution in [0, 0.1) is 5.92 Å². The maximum atomic E-state index is 13.2. The minimum absolute atomic E-state index is 0.0545. The molecular weight excluding hydrogens is 236 g/mol. The smallest absolute Gasteiger partial charge is 0.248 e. The summed E-state index contributed by atoms with van der Waals surface area (Å²) in [5.41, 5.74) is 0. The van der Waals surface area contributed by atoms with E-state index in [4.69, 9.17) is 4.74 Å². The van der Waals surface area contributed by atoms with Gasteiger partial charge in [0, 0.05) is 18.9 Å². The number of hydrogen-bond acceptors (Lipinski definition) is 2. The zero-order valence-electron chi connectivity index (χ0n) is 11.8. The SMILES string of the molecule is CCCNC(COC(C)C)CC1CCC(F)(F)C1. The Hall–Kier alpha value is -0.220. The molecule has 1 N–H and O–H groups in total. The average Bonchev–Trinajstić information content (AvgIpc) is 2.62. The third-order valence-corrected chi connectivity index (χ3v) is 3.44. The number of hydrogen-bond donors (Lipinski definition) is 1. The van der Waals surface area contributed by atoms with Gasteiger partial charge in [-0.3, -0.25) is 0 Å². The van der Waals surface area contributed by atoms with Crippen molar-refractivity contribution in [2.75, 3.05) is 13.2 Å². The highest BCUT2D eigenvalue weighted by Gasteiger charge is 2.39. The number of rotatable bonds is 8. The van der Waals surface area contributed by atoms with Crippen LogP contribution in [0.2, 0.25) is 0 Å². The molecule has 0 amide bonds. The van der Waals surface area contributed by atoms with Gasteiger partial charge in [0.2, 0.25) is 5.92 Å². The molecule has 0 aliphatic heterocycles. The maximum Gasteiger partial charge on any atom is 0.248 e. The van der Waals surface area contributed by atoms with E-state index >= 15 is 0 Å². The lowest BCUT2D eigenvalue weighted by Crippen LogP contribution is -2.36. The first-order valence-corrected chi connectivity index (χ1v) is 7.15. The fraction of sp³-hybridized carbons (Fsp3) is 1.00. The Bertz CT molecular complexity index is 234. The van der Waals surface area contributed by atoms with Gasteiger partial charge in [0.05, 0.1) is 12.7 Å². The molecule has 1 aliphatic rings. The zero-order chi connectivity index (χ0) is 13.6. The fourth-order valence-electron chi connectivity index (χ4n) is 2.51. The fourth-order valence-corrected chi connectivity index (χ4v) is 2.51. The molecule has 0 heterocycles. The molecule has 4 heteroatoms. The second-order valence-electron chi connectivity index (χ2n) is 5.73. The lowest BCUT2D eigenvalue weighted by atomic mass is 9.98. The van der Waals surface area contributed by atoms with Crippen LogP contribution in [0.3, 0.4) is 0 Å². The molecule has 18 heavy (non-hydrogen) atoms. The van der Waals surface area contributed by atoms with Crippen molar-refractivity contribution >= 4 is 0 Å². The van der Waals surface area contributed by atoms with Gasteiger partial charge < -0.3 is 10.1 Å². The van der Waals surface area contributed by atoms with Crippen LogP contribution in [0.4, 0.5) is 8.78 Å². The molecule has 1 fully saturated rings. The van der Waals surface area contributed by atoms with Crippen molar-refractivity contribution in [2.24, 2.45) is 5.92 Å². The Morgan fingerprint density at radius 1 is 1.39 bits per heavy atom. The van der Waals surface area contributed by atoms with E-state index < -0.39 is 5.92 Å². The van der Waals surface area contributed by atoms with Crippen LogP contribution in [0.5, 0.6) is 0 Å². The Morgan fingerprint density at radius 3 is 2.61 bits per heavy atom. The van der Waals surface area contributed by atoms with Crippen LogP contribution >= 0.6 is 0 Å². The molecular formula is C14H27F2NO. The Kier molecular flexibility index (Phi) is 6.50. The summed E-state index contributed by atoms with van der Waals surface area (Å²) in [6, 6.07) is 0.214. The van der Waals surface area contributed by atoms with E-state index in [1.165, 1.54) is 0 Å². The van der Waals surface area contributed by atoms with Gasteiger partial charge in [0.25, 0.3) is 0 Å². The summed E-state index contributed by atoms with van der Waals surface area (Å²) in [5.74, 6) is -2.29. The summed E-state index contributed by atoms with van der Waals surface area (Å²) in [7, 11) is 0. The highest BCUT2D eigenvalue weighted by molar-refractivity contribution is 4.84. The third kappa shape index (κ3) is 6.10. The number of nitrogens with one attached hydrogen (secondary N) is 1. The van der Waals surface area contributed by atoms with Crippen LogP contribution in [0.25, 0.3) is 0 Å². The third-order valence-electron chi connectivity index (χ3n) is 3.44. The molecule has 1 rings (SSSR count). The number of ether oxygens (including phenoxy) is 1. The summed E-state index contributed by atoms with van der Waals surface area (Å²) in [5, 5.41) is 3.41. The molecule has 2 atom stereocenters. The normalized spacial score (nSPS) is 24.7. The van der Waals surface area contributed by atoms with E-state index in [0.717, 1.165) is 19.4 Å². The van der Waals surface area contributed by atoms with Crippen LogP contribution < -0.4 is 5.32 Å². The van der Waals surface area contributed by atoms with Crippen molar-refractivity contribution in [1.29, 1.82) is 0 Å². The first-order valence-electron chi connectivity index (χ1n) is 7.15. The molecule has 2 nitrogen and oxygen atoms in total. The molecule has 2 unspecified atom stereocenters. The van der Waals surface area contributed by atoms with Gasteiger partial charge in [-0.1, -0.05) is 6.92 Å². The molecule has 0 spiro atoms. The maximum absolute atomic E-state index is 13.2. The summed E-state index contributed by atoms with van der Waals surface area (Å²) >= 11 is 0. The van der Waals surface area contributed by atoms with Gasteiger partial charge in [-0.05, 0) is 45.6 Å². The molecule has 0 bridgehead atoms. The quantitative estimate of drug-likeness (QED) is 0.722. The summed E-state index contributed by atoms with van der Waals surface area (Å²) in [4.78, 5) is 0.